The number of hydrogen-bond acceptors (Lipinski definition) is 3. The van der Waals surface area contributed by atoms with Crippen LogP contribution in [0.1, 0.15) is 15.8 Å². The van der Waals surface area contributed by atoms with Crippen molar-refractivity contribution in [2.24, 2.45) is 5.73 Å². The standard InChI is InChI=1S/C7H8F3NOS/c8-7(9,10)6-2-1-5(13-6)4(11)3-12/h1-2,4,12H,3,11H2/t4-/m1/s1. The average Bonchev–Trinajstić information content (AvgIpc) is 2.50. The maximum absolute atomic E-state index is 12.1. The van der Waals surface area contributed by atoms with E-state index in [1.54, 1.807) is 0 Å². The van der Waals surface area contributed by atoms with E-state index in [-0.39, 0.29) is 6.61 Å². The lowest BCUT2D eigenvalue weighted by molar-refractivity contribution is -0.134. The molecule has 0 spiro atoms. The Kier molecular flexibility index (Phi) is 2.94. The summed E-state index contributed by atoms with van der Waals surface area (Å²) in [5, 5.41) is 8.60. The van der Waals surface area contributed by atoms with Gasteiger partial charge >= 0.3 is 6.18 Å². The van der Waals surface area contributed by atoms with Gasteiger partial charge in [0.05, 0.1) is 12.6 Å². The highest BCUT2D eigenvalue weighted by atomic mass is 32.1. The van der Waals surface area contributed by atoms with Gasteiger partial charge < -0.3 is 10.8 Å². The molecule has 0 radical (unpaired) electrons. The van der Waals surface area contributed by atoms with E-state index in [1.165, 1.54) is 6.07 Å². The second-order valence-corrected chi connectivity index (χ2v) is 3.60. The summed E-state index contributed by atoms with van der Waals surface area (Å²) in [7, 11) is 0. The van der Waals surface area contributed by atoms with E-state index in [9.17, 15) is 13.2 Å². The van der Waals surface area contributed by atoms with Crippen LogP contribution in [0.15, 0.2) is 12.1 Å². The molecule has 1 aromatic rings. The molecule has 0 fully saturated rings. The number of thiophene rings is 1. The second-order valence-electron chi connectivity index (χ2n) is 2.49. The van der Waals surface area contributed by atoms with Gasteiger partial charge in [-0.1, -0.05) is 0 Å². The first-order valence-corrected chi connectivity index (χ1v) is 4.30. The lowest BCUT2D eigenvalue weighted by Crippen LogP contribution is -2.12. The van der Waals surface area contributed by atoms with Gasteiger partial charge in [0.1, 0.15) is 4.88 Å². The number of nitrogens with two attached hydrogens (primary N) is 1. The molecule has 0 saturated heterocycles. The van der Waals surface area contributed by atoms with Crippen LogP contribution in [-0.4, -0.2) is 11.7 Å². The van der Waals surface area contributed by atoms with E-state index in [0.29, 0.717) is 16.2 Å². The number of hydrogen-bond donors (Lipinski definition) is 2. The highest BCUT2D eigenvalue weighted by Crippen LogP contribution is 2.35. The summed E-state index contributed by atoms with van der Waals surface area (Å²) in [4.78, 5) is -0.346. The van der Waals surface area contributed by atoms with E-state index < -0.39 is 17.1 Å². The number of alkyl halides is 3. The molecule has 0 amide bonds. The molecule has 1 aromatic heterocycles. The number of aliphatic hydroxyl groups excluding tert-OH is 1. The largest absolute Gasteiger partial charge is 0.425 e. The zero-order valence-electron chi connectivity index (χ0n) is 6.51. The molecule has 0 aliphatic carbocycles. The molecule has 0 aromatic carbocycles. The Hall–Kier alpha value is -0.590. The van der Waals surface area contributed by atoms with Crippen molar-refractivity contribution < 1.29 is 18.3 Å². The maximum atomic E-state index is 12.1. The Bertz CT molecular complexity index is 284. The molecule has 1 atom stereocenters. The molecule has 0 unspecified atom stereocenters. The molecular weight excluding hydrogens is 203 g/mol. The topological polar surface area (TPSA) is 46.2 Å². The molecule has 74 valence electrons. The van der Waals surface area contributed by atoms with Crippen molar-refractivity contribution in [2.45, 2.75) is 12.2 Å². The maximum Gasteiger partial charge on any atom is 0.425 e. The first-order chi connectivity index (χ1) is 5.95. The summed E-state index contributed by atoms with van der Waals surface area (Å²) in [6.07, 6.45) is -4.32. The third-order valence-electron chi connectivity index (χ3n) is 1.47. The van der Waals surface area contributed by atoms with Gasteiger partial charge in [-0.2, -0.15) is 13.2 Å². The number of rotatable bonds is 2. The van der Waals surface area contributed by atoms with Crippen LogP contribution >= 0.6 is 11.3 Å². The molecule has 0 saturated carbocycles. The van der Waals surface area contributed by atoms with Crippen molar-refractivity contribution in [1.82, 2.24) is 0 Å². The molecule has 3 N–H and O–H groups in total. The van der Waals surface area contributed by atoms with Crippen LogP contribution in [0.3, 0.4) is 0 Å². The SMILES string of the molecule is N[C@H](CO)c1ccc(C(F)(F)F)s1. The van der Waals surface area contributed by atoms with Gasteiger partial charge in [-0.15, -0.1) is 11.3 Å². The number of halogens is 3. The Morgan fingerprint density at radius 3 is 2.46 bits per heavy atom. The Labute approximate surface area is 76.8 Å². The van der Waals surface area contributed by atoms with E-state index >= 15 is 0 Å². The summed E-state index contributed by atoms with van der Waals surface area (Å²) in [6, 6.07) is 1.53. The third-order valence-corrected chi connectivity index (χ3v) is 2.73. The van der Waals surface area contributed by atoms with Gasteiger partial charge in [0, 0.05) is 4.88 Å². The lowest BCUT2D eigenvalue weighted by atomic mass is 10.3. The molecular formula is C7H8F3NOS. The zero-order valence-corrected chi connectivity index (χ0v) is 7.32. The highest BCUT2D eigenvalue weighted by Gasteiger charge is 2.32. The minimum atomic E-state index is -4.32. The van der Waals surface area contributed by atoms with Crippen LogP contribution in [0.2, 0.25) is 0 Å². The summed E-state index contributed by atoms with van der Waals surface area (Å²) in [6.45, 7) is -0.349. The highest BCUT2D eigenvalue weighted by molar-refractivity contribution is 7.12. The normalized spacial score (nSPS) is 14.5. The van der Waals surface area contributed by atoms with E-state index in [2.05, 4.69) is 0 Å². The molecule has 0 aliphatic rings. The van der Waals surface area contributed by atoms with Gasteiger partial charge in [0.2, 0.25) is 0 Å². The average molecular weight is 211 g/mol. The van der Waals surface area contributed by atoms with Crippen LogP contribution in [-0.2, 0) is 6.18 Å². The molecule has 1 heterocycles. The Morgan fingerprint density at radius 2 is 2.08 bits per heavy atom. The van der Waals surface area contributed by atoms with Crippen molar-refractivity contribution in [1.29, 1.82) is 0 Å². The van der Waals surface area contributed by atoms with Crippen molar-refractivity contribution in [3.8, 4) is 0 Å². The first-order valence-electron chi connectivity index (χ1n) is 3.48. The Balaban J connectivity index is 2.87. The fraction of sp³-hybridized carbons (Fsp3) is 0.429. The van der Waals surface area contributed by atoms with Crippen LogP contribution in [0.5, 0.6) is 0 Å². The Morgan fingerprint density at radius 1 is 1.46 bits per heavy atom. The van der Waals surface area contributed by atoms with E-state index in [1.807, 2.05) is 0 Å². The van der Waals surface area contributed by atoms with E-state index in [4.69, 9.17) is 10.8 Å². The fourth-order valence-electron chi connectivity index (χ4n) is 0.794. The summed E-state index contributed by atoms with van der Waals surface area (Å²) in [5.74, 6) is 0. The molecule has 0 aliphatic heterocycles. The van der Waals surface area contributed by atoms with Gasteiger partial charge in [0.15, 0.2) is 0 Å². The minimum absolute atomic E-state index is 0.342. The predicted octanol–water partition coefficient (Wildman–Crippen LogP) is 1.76. The minimum Gasteiger partial charge on any atom is -0.394 e. The molecule has 0 bridgehead atoms. The molecule has 1 rings (SSSR count). The van der Waals surface area contributed by atoms with Crippen molar-refractivity contribution in [3.05, 3.63) is 21.9 Å². The quantitative estimate of drug-likeness (QED) is 0.783. The van der Waals surface area contributed by atoms with Crippen molar-refractivity contribution in [2.75, 3.05) is 6.61 Å². The number of aliphatic hydroxyl groups is 1. The van der Waals surface area contributed by atoms with Gasteiger partial charge in [-0.3, -0.25) is 0 Å². The van der Waals surface area contributed by atoms with Crippen LogP contribution in [0.4, 0.5) is 13.2 Å². The van der Waals surface area contributed by atoms with Gasteiger partial charge in [0.25, 0.3) is 0 Å². The smallest absolute Gasteiger partial charge is 0.394 e. The third kappa shape index (κ3) is 2.43. The van der Waals surface area contributed by atoms with Gasteiger partial charge in [-0.05, 0) is 12.1 Å². The zero-order chi connectivity index (χ0) is 10.1. The summed E-state index contributed by atoms with van der Waals surface area (Å²) < 4.78 is 36.2. The van der Waals surface area contributed by atoms with Crippen molar-refractivity contribution >= 4 is 11.3 Å². The lowest BCUT2D eigenvalue weighted by Gasteiger charge is -2.04. The molecule has 2 nitrogen and oxygen atoms in total. The van der Waals surface area contributed by atoms with Crippen LogP contribution in [0.25, 0.3) is 0 Å². The predicted molar refractivity (Wildman–Crippen MR) is 43.3 cm³/mol. The molecule has 6 heteroatoms. The summed E-state index contributed by atoms with van der Waals surface area (Å²) in [5.41, 5.74) is 5.34. The van der Waals surface area contributed by atoms with Crippen LogP contribution < -0.4 is 5.73 Å². The van der Waals surface area contributed by atoms with Gasteiger partial charge in [-0.25, -0.2) is 0 Å². The fourth-order valence-corrected chi connectivity index (χ4v) is 1.66. The molecule has 13 heavy (non-hydrogen) atoms. The van der Waals surface area contributed by atoms with E-state index in [0.717, 1.165) is 6.07 Å². The first kappa shape index (κ1) is 10.5. The van der Waals surface area contributed by atoms with Crippen molar-refractivity contribution in [3.63, 3.8) is 0 Å². The summed E-state index contributed by atoms with van der Waals surface area (Å²) >= 11 is 0.562. The second kappa shape index (κ2) is 3.65. The monoisotopic (exact) mass is 211 g/mol. The van der Waals surface area contributed by atoms with Crippen LogP contribution in [0, 0.1) is 0 Å².